The Labute approximate surface area is 258 Å². The van der Waals surface area contributed by atoms with E-state index in [1.165, 1.54) is 7.11 Å². The van der Waals surface area contributed by atoms with E-state index in [1.54, 1.807) is 37.4 Å². The van der Waals surface area contributed by atoms with Crippen molar-refractivity contribution in [1.29, 1.82) is 0 Å². The Morgan fingerprint density at radius 3 is 2.25 bits per heavy atom. The van der Waals surface area contributed by atoms with E-state index in [9.17, 15) is 14.4 Å². The summed E-state index contributed by atoms with van der Waals surface area (Å²) in [6.45, 7) is 0.967. The number of rotatable bonds is 16. The molecule has 0 bridgehead atoms. The normalized spacial score (nSPS) is 11.2. The molecule has 0 aliphatic heterocycles. The van der Waals surface area contributed by atoms with Crippen molar-refractivity contribution in [3.8, 4) is 11.5 Å². The van der Waals surface area contributed by atoms with Gasteiger partial charge in [0.15, 0.2) is 5.78 Å². The minimum atomic E-state index is -0.705. The quantitative estimate of drug-likeness (QED) is 0.0983. The van der Waals surface area contributed by atoms with Crippen LogP contribution in [-0.4, -0.2) is 51.1 Å². The number of amides is 1. The highest BCUT2D eigenvalue weighted by Crippen LogP contribution is 2.22. The van der Waals surface area contributed by atoms with E-state index < -0.39 is 12.0 Å². The fraction of sp³-hybridized carbons (Fsp3) is 0.250. The summed E-state index contributed by atoms with van der Waals surface area (Å²) in [6.07, 6.45) is 2.02. The van der Waals surface area contributed by atoms with Gasteiger partial charge in [0.1, 0.15) is 17.5 Å². The zero-order valence-corrected chi connectivity index (χ0v) is 25.1. The van der Waals surface area contributed by atoms with E-state index in [4.69, 9.17) is 14.2 Å². The van der Waals surface area contributed by atoms with Crippen LogP contribution in [0.2, 0.25) is 0 Å². The molecule has 0 aromatic heterocycles. The first-order chi connectivity index (χ1) is 21.5. The molecule has 0 saturated heterocycles. The lowest BCUT2D eigenvalue weighted by molar-refractivity contribution is -0.141. The number of methoxy groups -OCH3 is 2. The van der Waals surface area contributed by atoms with E-state index in [0.717, 1.165) is 16.9 Å². The highest BCUT2D eigenvalue weighted by atomic mass is 16.5. The van der Waals surface area contributed by atoms with Crippen LogP contribution in [-0.2, 0) is 27.2 Å². The number of hydrogen-bond donors (Lipinski definition) is 2. The van der Waals surface area contributed by atoms with Crippen molar-refractivity contribution in [2.45, 2.75) is 31.7 Å². The maximum atomic E-state index is 13.2. The maximum Gasteiger partial charge on any atom is 0.328 e. The molecule has 8 heteroatoms. The van der Waals surface area contributed by atoms with Crippen molar-refractivity contribution in [2.75, 3.05) is 32.7 Å². The second-order valence-corrected chi connectivity index (χ2v) is 10.2. The molecule has 4 rings (SSSR count). The van der Waals surface area contributed by atoms with E-state index in [2.05, 4.69) is 10.6 Å². The summed E-state index contributed by atoms with van der Waals surface area (Å²) in [4.78, 5) is 38.1. The number of anilines is 1. The van der Waals surface area contributed by atoms with Gasteiger partial charge in [-0.1, -0.05) is 72.8 Å². The van der Waals surface area contributed by atoms with Gasteiger partial charge in [-0.15, -0.1) is 0 Å². The number of benzene rings is 4. The van der Waals surface area contributed by atoms with Gasteiger partial charge in [-0.2, -0.15) is 0 Å². The Hall–Kier alpha value is -5.11. The van der Waals surface area contributed by atoms with Gasteiger partial charge in [-0.05, 0) is 54.3 Å². The monoisotopic (exact) mass is 594 g/mol. The van der Waals surface area contributed by atoms with Crippen LogP contribution in [0.5, 0.6) is 11.5 Å². The van der Waals surface area contributed by atoms with Crippen molar-refractivity contribution >= 4 is 23.3 Å². The number of nitrogens with one attached hydrogen (secondary N) is 2. The first-order valence-corrected chi connectivity index (χ1v) is 14.6. The third-order valence-electron chi connectivity index (χ3n) is 7.11. The summed E-state index contributed by atoms with van der Waals surface area (Å²) in [5.74, 6) is 0.902. The first-order valence-electron chi connectivity index (χ1n) is 14.6. The zero-order chi connectivity index (χ0) is 31.1. The molecule has 2 N–H and O–H groups in total. The second-order valence-electron chi connectivity index (χ2n) is 10.2. The smallest absolute Gasteiger partial charge is 0.328 e. The van der Waals surface area contributed by atoms with Crippen LogP contribution in [0, 0.1) is 0 Å². The molecule has 0 unspecified atom stereocenters. The molecule has 4 aromatic rings. The fourth-order valence-corrected chi connectivity index (χ4v) is 4.77. The van der Waals surface area contributed by atoms with Gasteiger partial charge in [-0.25, -0.2) is 4.79 Å². The van der Waals surface area contributed by atoms with Crippen molar-refractivity contribution in [3.05, 3.63) is 125 Å². The molecule has 0 aliphatic carbocycles. The van der Waals surface area contributed by atoms with E-state index in [0.29, 0.717) is 61.4 Å². The first kappa shape index (κ1) is 31.8. The minimum Gasteiger partial charge on any atom is -0.496 e. The van der Waals surface area contributed by atoms with Crippen LogP contribution in [0.25, 0.3) is 0 Å². The predicted molar refractivity (Wildman–Crippen MR) is 170 cm³/mol. The third kappa shape index (κ3) is 9.19. The molecule has 0 fully saturated rings. The van der Waals surface area contributed by atoms with E-state index in [-0.39, 0.29) is 11.7 Å². The van der Waals surface area contributed by atoms with Crippen LogP contribution in [0.3, 0.4) is 0 Å². The molecular formula is C36H38N2O6. The lowest BCUT2D eigenvalue weighted by Gasteiger charge is -2.20. The Morgan fingerprint density at radius 1 is 0.795 bits per heavy atom. The van der Waals surface area contributed by atoms with Crippen molar-refractivity contribution in [3.63, 3.8) is 0 Å². The molecule has 1 amide bonds. The number of para-hydroxylation sites is 2. The van der Waals surface area contributed by atoms with Gasteiger partial charge >= 0.3 is 5.97 Å². The van der Waals surface area contributed by atoms with Crippen LogP contribution in [0.1, 0.15) is 39.9 Å². The summed E-state index contributed by atoms with van der Waals surface area (Å²) in [6, 6.07) is 30.6. The minimum absolute atomic E-state index is 0.0129. The zero-order valence-electron chi connectivity index (χ0n) is 25.1. The molecule has 1 atom stereocenters. The predicted octanol–water partition coefficient (Wildman–Crippen LogP) is 5.64. The van der Waals surface area contributed by atoms with Gasteiger partial charge in [0.2, 0.25) is 5.91 Å². The van der Waals surface area contributed by atoms with Gasteiger partial charge in [0, 0.05) is 36.2 Å². The lowest BCUT2D eigenvalue weighted by Crippen LogP contribution is -2.33. The maximum absolute atomic E-state index is 13.2. The van der Waals surface area contributed by atoms with Crippen molar-refractivity contribution < 1.29 is 28.6 Å². The number of ether oxygens (including phenoxy) is 3. The average molecular weight is 595 g/mol. The molecular weight excluding hydrogens is 556 g/mol. The number of aryl methyl sites for hydroxylation is 1. The molecule has 0 aliphatic rings. The van der Waals surface area contributed by atoms with Crippen molar-refractivity contribution in [2.24, 2.45) is 0 Å². The molecule has 0 saturated carbocycles. The van der Waals surface area contributed by atoms with Crippen LogP contribution in [0.4, 0.5) is 5.69 Å². The summed E-state index contributed by atoms with van der Waals surface area (Å²) in [5, 5.41) is 6.16. The van der Waals surface area contributed by atoms with Crippen LogP contribution in [0.15, 0.2) is 103 Å². The summed E-state index contributed by atoms with van der Waals surface area (Å²) in [7, 11) is 2.97. The Kier molecular flexibility index (Phi) is 11.9. The molecule has 0 heterocycles. The van der Waals surface area contributed by atoms with E-state index >= 15 is 0 Å². The molecule has 8 nitrogen and oxygen atoms in total. The summed E-state index contributed by atoms with van der Waals surface area (Å²) >= 11 is 0. The molecule has 4 aromatic carbocycles. The lowest BCUT2D eigenvalue weighted by atomic mass is 10.00. The van der Waals surface area contributed by atoms with E-state index in [1.807, 2.05) is 72.8 Å². The van der Waals surface area contributed by atoms with Gasteiger partial charge in [0.05, 0.1) is 20.8 Å². The molecule has 0 spiro atoms. The number of carbonyl (C=O) groups is 3. The van der Waals surface area contributed by atoms with Gasteiger partial charge in [0.25, 0.3) is 0 Å². The molecule has 0 radical (unpaired) electrons. The van der Waals surface area contributed by atoms with Crippen LogP contribution >= 0.6 is 0 Å². The number of hydrogen-bond acceptors (Lipinski definition) is 7. The summed E-state index contributed by atoms with van der Waals surface area (Å²) < 4.78 is 16.2. The SMILES string of the molecule is COC(=O)[C@H](Cc1ccc(OCCCNC(=O)CCc2ccccc2OC)cc1)Nc1ccccc1C(=O)c1ccccc1. The molecule has 228 valence electrons. The van der Waals surface area contributed by atoms with Gasteiger partial charge < -0.3 is 24.8 Å². The number of esters is 1. The highest BCUT2D eigenvalue weighted by molar-refractivity contribution is 6.12. The second kappa shape index (κ2) is 16.5. The van der Waals surface area contributed by atoms with Gasteiger partial charge in [-0.3, -0.25) is 9.59 Å². The summed E-state index contributed by atoms with van der Waals surface area (Å²) in [5.41, 5.74) is 3.51. The Bertz CT molecular complexity index is 1520. The molecule has 44 heavy (non-hydrogen) atoms. The van der Waals surface area contributed by atoms with Crippen LogP contribution < -0.4 is 20.1 Å². The average Bonchev–Trinajstić information content (AvgIpc) is 3.07. The fourth-order valence-electron chi connectivity index (χ4n) is 4.77. The standard InChI is InChI=1S/C36H38N2O6/c1-42-33-16-9-6-11-27(33)19-22-34(39)37-23-10-24-44-29-20-17-26(18-21-29)25-32(36(41)43-2)38-31-15-8-7-14-30(31)35(40)28-12-4-3-5-13-28/h3-9,11-18,20-21,32,38H,10,19,22-25H2,1-2H3,(H,37,39)/t32-/m0/s1. The third-order valence-corrected chi connectivity index (χ3v) is 7.11. The largest absolute Gasteiger partial charge is 0.496 e. The highest BCUT2D eigenvalue weighted by Gasteiger charge is 2.22. The topological polar surface area (TPSA) is 103 Å². The number of carbonyl (C=O) groups excluding carboxylic acids is 3. The number of ketones is 1. The Morgan fingerprint density at radius 2 is 1.50 bits per heavy atom. The van der Waals surface area contributed by atoms with Crippen molar-refractivity contribution in [1.82, 2.24) is 5.32 Å². The Balaban J connectivity index is 1.25.